The van der Waals surface area contributed by atoms with Gasteiger partial charge in [0.25, 0.3) is 10.0 Å². The number of hydrogen-bond acceptors (Lipinski definition) is 4. The predicted octanol–water partition coefficient (Wildman–Crippen LogP) is 4.31. The summed E-state index contributed by atoms with van der Waals surface area (Å²) >= 11 is 0. The summed E-state index contributed by atoms with van der Waals surface area (Å²) in [5.41, 5.74) is 4.43. The third-order valence-electron chi connectivity index (χ3n) is 5.70. The molecule has 1 amide bonds. The van der Waals surface area contributed by atoms with Crippen molar-refractivity contribution in [2.75, 3.05) is 24.0 Å². The van der Waals surface area contributed by atoms with Crippen LogP contribution < -0.4 is 14.4 Å². The lowest BCUT2D eigenvalue weighted by molar-refractivity contribution is -0.119. The molecular formula is C26H30N2O4S. The van der Waals surface area contributed by atoms with Gasteiger partial charge in [-0.1, -0.05) is 42.5 Å². The number of benzene rings is 3. The Kier molecular flexibility index (Phi) is 7.76. The summed E-state index contributed by atoms with van der Waals surface area (Å²) in [5.74, 6) is 0.368. The molecule has 6 nitrogen and oxygen atoms in total. The molecular weight excluding hydrogens is 436 g/mol. The molecule has 3 rings (SSSR count). The maximum absolute atomic E-state index is 13.4. The molecule has 0 saturated carbocycles. The highest BCUT2D eigenvalue weighted by atomic mass is 32.2. The molecule has 0 heterocycles. The van der Waals surface area contributed by atoms with Crippen molar-refractivity contribution in [3.63, 3.8) is 0 Å². The van der Waals surface area contributed by atoms with Gasteiger partial charge in [0.1, 0.15) is 18.9 Å². The summed E-state index contributed by atoms with van der Waals surface area (Å²) in [4.78, 5) is 12.9. The second-order valence-corrected chi connectivity index (χ2v) is 9.80. The molecule has 33 heavy (non-hydrogen) atoms. The maximum atomic E-state index is 13.4. The summed E-state index contributed by atoms with van der Waals surface area (Å²) in [6.07, 6.45) is 0. The van der Waals surface area contributed by atoms with Crippen molar-refractivity contribution in [1.82, 2.24) is 5.32 Å². The van der Waals surface area contributed by atoms with E-state index in [0.29, 0.717) is 5.69 Å². The first-order valence-electron chi connectivity index (χ1n) is 10.8. The maximum Gasteiger partial charge on any atom is 0.264 e. The fraction of sp³-hybridized carbons (Fsp3) is 0.269. The van der Waals surface area contributed by atoms with Gasteiger partial charge in [-0.3, -0.25) is 9.10 Å². The van der Waals surface area contributed by atoms with Gasteiger partial charge in [-0.25, -0.2) is 8.42 Å². The minimum Gasteiger partial charge on any atom is -0.491 e. The number of hydrogen-bond donors (Lipinski definition) is 1. The van der Waals surface area contributed by atoms with E-state index in [0.717, 1.165) is 28.0 Å². The molecule has 0 radical (unpaired) electrons. The van der Waals surface area contributed by atoms with Crippen molar-refractivity contribution < 1.29 is 17.9 Å². The Morgan fingerprint density at radius 3 is 2.18 bits per heavy atom. The summed E-state index contributed by atoms with van der Waals surface area (Å²) in [6, 6.07) is 19.4. The van der Waals surface area contributed by atoms with E-state index >= 15 is 0 Å². The van der Waals surface area contributed by atoms with Crippen molar-refractivity contribution in [3.05, 3.63) is 89.0 Å². The first-order chi connectivity index (χ1) is 15.7. The van der Waals surface area contributed by atoms with Gasteiger partial charge in [0, 0.05) is 0 Å². The minimum absolute atomic E-state index is 0.136. The molecule has 1 N–H and O–H groups in total. The molecule has 0 aliphatic rings. The normalized spacial score (nSPS) is 11.2. The van der Waals surface area contributed by atoms with Gasteiger partial charge in [0.05, 0.1) is 17.1 Å². The van der Waals surface area contributed by atoms with E-state index in [1.165, 1.54) is 16.4 Å². The highest BCUT2D eigenvalue weighted by molar-refractivity contribution is 7.92. The third-order valence-corrected chi connectivity index (χ3v) is 7.47. The predicted molar refractivity (Wildman–Crippen MR) is 131 cm³/mol. The van der Waals surface area contributed by atoms with Crippen LogP contribution in [0.4, 0.5) is 5.69 Å². The number of sulfonamides is 1. The first-order valence-corrected chi connectivity index (χ1v) is 12.3. The van der Waals surface area contributed by atoms with E-state index in [4.69, 9.17) is 4.74 Å². The lowest BCUT2D eigenvalue weighted by Crippen LogP contribution is -2.42. The van der Waals surface area contributed by atoms with Gasteiger partial charge >= 0.3 is 0 Å². The van der Waals surface area contributed by atoms with Crippen molar-refractivity contribution in [3.8, 4) is 5.75 Å². The Labute approximate surface area is 196 Å². The molecule has 0 fully saturated rings. The topological polar surface area (TPSA) is 75.7 Å². The Hall–Kier alpha value is -3.32. The monoisotopic (exact) mass is 466 g/mol. The molecule has 0 bridgehead atoms. The molecule has 0 aromatic heterocycles. The van der Waals surface area contributed by atoms with Crippen LogP contribution in [0.3, 0.4) is 0 Å². The number of nitrogens with zero attached hydrogens (tertiary/aromatic N) is 1. The molecule has 174 valence electrons. The van der Waals surface area contributed by atoms with Crippen LogP contribution in [0.2, 0.25) is 0 Å². The van der Waals surface area contributed by atoms with Crippen molar-refractivity contribution in [2.45, 2.75) is 32.6 Å². The molecule has 3 aromatic rings. The Balaban J connectivity index is 1.74. The number of rotatable bonds is 9. The van der Waals surface area contributed by atoms with E-state index in [-0.39, 0.29) is 24.6 Å². The number of carbonyl (C=O) groups excluding carboxylic acids is 1. The molecule has 0 spiro atoms. The van der Waals surface area contributed by atoms with Gasteiger partial charge in [-0.15, -0.1) is 0 Å². The lowest BCUT2D eigenvalue weighted by Gasteiger charge is -2.26. The van der Waals surface area contributed by atoms with E-state index in [9.17, 15) is 13.2 Å². The quantitative estimate of drug-likeness (QED) is 0.477. The number of anilines is 1. The molecule has 3 aromatic carbocycles. The minimum atomic E-state index is -3.93. The standard InChI is InChI=1S/C26H30N2O4S/c1-19-10-8-14-24(21(19)3)28(33(30,31)23-12-6-5-7-13-23)18-26(29)27-16-17-32-25-15-9-11-20(2)22(25)4/h5-15H,16-18H2,1-4H3,(H,27,29). The molecule has 0 atom stereocenters. The largest absolute Gasteiger partial charge is 0.491 e. The average molecular weight is 467 g/mol. The SMILES string of the molecule is Cc1cccc(OCCNC(=O)CN(c2cccc(C)c2C)S(=O)(=O)c2ccccc2)c1C. The van der Waals surface area contributed by atoms with E-state index in [2.05, 4.69) is 5.32 Å². The number of carbonyl (C=O) groups is 1. The highest BCUT2D eigenvalue weighted by Gasteiger charge is 2.28. The zero-order valence-corrected chi connectivity index (χ0v) is 20.3. The van der Waals surface area contributed by atoms with Gasteiger partial charge in [-0.05, 0) is 74.2 Å². The Morgan fingerprint density at radius 1 is 0.848 bits per heavy atom. The lowest BCUT2D eigenvalue weighted by atomic mass is 10.1. The van der Waals surface area contributed by atoms with Crippen LogP contribution in [-0.4, -0.2) is 34.0 Å². The molecule has 7 heteroatoms. The van der Waals surface area contributed by atoms with Crippen LogP contribution in [0.5, 0.6) is 5.75 Å². The van der Waals surface area contributed by atoms with Gasteiger partial charge < -0.3 is 10.1 Å². The zero-order chi connectivity index (χ0) is 24.0. The van der Waals surface area contributed by atoms with Crippen LogP contribution in [0.1, 0.15) is 22.3 Å². The second kappa shape index (κ2) is 10.5. The van der Waals surface area contributed by atoms with E-state index in [1.54, 1.807) is 30.3 Å². The van der Waals surface area contributed by atoms with Crippen molar-refractivity contribution >= 4 is 21.6 Å². The zero-order valence-electron chi connectivity index (χ0n) is 19.5. The van der Waals surface area contributed by atoms with Crippen LogP contribution in [0.25, 0.3) is 0 Å². The van der Waals surface area contributed by atoms with Crippen LogP contribution >= 0.6 is 0 Å². The van der Waals surface area contributed by atoms with Crippen LogP contribution in [0, 0.1) is 27.7 Å². The Morgan fingerprint density at radius 2 is 1.48 bits per heavy atom. The second-order valence-electron chi connectivity index (χ2n) is 7.94. The molecule has 0 aliphatic carbocycles. The third kappa shape index (κ3) is 5.73. The van der Waals surface area contributed by atoms with Crippen LogP contribution in [-0.2, 0) is 14.8 Å². The number of nitrogens with one attached hydrogen (secondary N) is 1. The molecule has 0 saturated heterocycles. The summed E-state index contributed by atoms with van der Waals surface area (Å²) in [7, 11) is -3.93. The summed E-state index contributed by atoms with van der Waals surface area (Å²) < 4.78 is 33.8. The average Bonchev–Trinajstić information content (AvgIpc) is 2.80. The Bertz CT molecular complexity index is 1220. The smallest absolute Gasteiger partial charge is 0.264 e. The van der Waals surface area contributed by atoms with Crippen molar-refractivity contribution in [2.24, 2.45) is 0 Å². The summed E-state index contributed by atoms with van der Waals surface area (Å²) in [6.45, 7) is 7.98. The highest BCUT2D eigenvalue weighted by Crippen LogP contribution is 2.28. The number of amides is 1. The fourth-order valence-electron chi connectivity index (χ4n) is 3.44. The van der Waals surface area contributed by atoms with Crippen molar-refractivity contribution in [1.29, 1.82) is 0 Å². The fourth-order valence-corrected chi connectivity index (χ4v) is 4.94. The van der Waals surface area contributed by atoms with Gasteiger partial charge in [0.2, 0.25) is 5.91 Å². The molecule has 0 unspecified atom stereocenters. The van der Waals surface area contributed by atoms with Crippen LogP contribution in [0.15, 0.2) is 71.6 Å². The number of ether oxygens (including phenoxy) is 1. The molecule has 0 aliphatic heterocycles. The van der Waals surface area contributed by atoms with E-state index in [1.807, 2.05) is 52.0 Å². The van der Waals surface area contributed by atoms with E-state index < -0.39 is 15.9 Å². The van der Waals surface area contributed by atoms with Gasteiger partial charge in [0.15, 0.2) is 0 Å². The number of aryl methyl sites for hydroxylation is 2. The first kappa shape index (κ1) is 24.3. The summed E-state index contributed by atoms with van der Waals surface area (Å²) in [5, 5.41) is 2.77. The van der Waals surface area contributed by atoms with Gasteiger partial charge in [-0.2, -0.15) is 0 Å².